The molecule has 2 saturated carbocycles. The van der Waals surface area contributed by atoms with Crippen LogP contribution in [-0.2, 0) is 4.79 Å². The van der Waals surface area contributed by atoms with E-state index in [1.54, 1.807) is 0 Å². The molecule has 5 atom stereocenters. The zero-order chi connectivity index (χ0) is 15.2. The quantitative estimate of drug-likeness (QED) is 0.560. The Balaban J connectivity index is 1.66. The van der Waals surface area contributed by atoms with Crippen LogP contribution in [0, 0.1) is 29.6 Å². The van der Waals surface area contributed by atoms with Crippen molar-refractivity contribution in [3.63, 3.8) is 0 Å². The maximum Gasteiger partial charge on any atom is 0.136 e. The molecule has 2 aliphatic rings. The third kappa shape index (κ3) is 4.31. The highest BCUT2D eigenvalue weighted by molar-refractivity contribution is 5.88. The molecule has 0 spiro atoms. The molecule has 0 aromatic heterocycles. The summed E-state index contributed by atoms with van der Waals surface area (Å²) in [7, 11) is 0. The average Bonchev–Trinajstić information content (AvgIpc) is 2.72. The van der Waals surface area contributed by atoms with Crippen molar-refractivity contribution >= 4 is 5.78 Å². The van der Waals surface area contributed by atoms with Gasteiger partial charge < -0.3 is 10.2 Å². The fourth-order valence-electron chi connectivity index (χ4n) is 3.57. The van der Waals surface area contributed by atoms with E-state index in [-0.39, 0.29) is 23.5 Å². The summed E-state index contributed by atoms with van der Waals surface area (Å²) in [5.41, 5.74) is 0. The van der Waals surface area contributed by atoms with Crippen LogP contribution in [0.3, 0.4) is 0 Å². The van der Waals surface area contributed by atoms with Crippen molar-refractivity contribution in [2.75, 3.05) is 0 Å². The van der Waals surface area contributed by atoms with Gasteiger partial charge in [0.05, 0.1) is 12.0 Å². The number of hydrogen-bond acceptors (Lipinski definition) is 3. The van der Waals surface area contributed by atoms with Crippen molar-refractivity contribution in [3.05, 3.63) is 0 Å². The van der Waals surface area contributed by atoms with E-state index in [1.807, 2.05) is 0 Å². The first-order valence-electron chi connectivity index (χ1n) is 8.53. The molecule has 3 heteroatoms. The smallest absolute Gasteiger partial charge is 0.136 e. The van der Waals surface area contributed by atoms with Gasteiger partial charge in [0, 0.05) is 12.3 Å². The highest BCUT2D eigenvalue weighted by Gasteiger charge is 2.52. The van der Waals surface area contributed by atoms with Crippen LogP contribution in [0.2, 0.25) is 0 Å². The van der Waals surface area contributed by atoms with Crippen LogP contribution >= 0.6 is 0 Å². The number of fused-ring (bicyclic) bond motifs is 1. The first-order valence-corrected chi connectivity index (χ1v) is 8.53. The van der Waals surface area contributed by atoms with E-state index in [4.69, 9.17) is 0 Å². The summed E-state index contributed by atoms with van der Waals surface area (Å²) >= 11 is 0. The van der Waals surface area contributed by atoms with Crippen molar-refractivity contribution in [2.24, 2.45) is 17.8 Å². The summed E-state index contributed by atoms with van der Waals surface area (Å²) in [4.78, 5) is 11.4. The Morgan fingerprint density at radius 1 is 1.24 bits per heavy atom. The molecule has 21 heavy (non-hydrogen) atoms. The number of ketones is 1. The van der Waals surface area contributed by atoms with E-state index in [0.717, 1.165) is 19.3 Å². The van der Waals surface area contributed by atoms with Gasteiger partial charge in [0.15, 0.2) is 0 Å². The molecule has 2 aliphatic carbocycles. The van der Waals surface area contributed by atoms with Crippen molar-refractivity contribution in [1.82, 2.24) is 0 Å². The second-order valence-electron chi connectivity index (χ2n) is 6.63. The van der Waals surface area contributed by atoms with E-state index in [1.165, 1.54) is 25.7 Å². The molecule has 0 heterocycles. The van der Waals surface area contributed by atoms with Gasteiger partial charge in [0.25, 0.3) is 0 Å². The van der Waals surface area contributed by atoms with Crippen molar-refractivity contribution < 1.29 is 15.0 Å². The summed E-state index contributed by atoms with van der Waals surface area (Å²) in [5.74, 6) is 6.38. The molecular weight excluding hydrogens is 264 g/mol. The lowest BCUT2D eigenvalue weighted by molar-refractivity contribution is -0.133. The Labute approximate surface area is 128 Å². The Morgan fingerprint density at radius 3 is 2.62 bits per heavy atom. The molecule has 2 fully saturated rings. The largest absolute Gasteiger partial charge is 0.392 e. The molecular formula is C18H28O3. The molecule has 2 N–H and O–H groups in total. The molecule has 0 radical (unpaired) electrons. The third-order valence-corrected chi connectivity index (χ3v) is 4.99. The number of rotatable bonds is 7. The fourth-order valence-corrected chi connectivity index (χ4v) is 3.57. The number of carbonyl (C=O) groups is 1. The highest BCUT2D eigenvalue weighted by atomic mass is 16.3. The second kappa shape index (κ2) is 7.96. The van der Waals surface area contributed by atoms with Gasteiger partial charge in [0.2, 0.25) is 0 Å². The van der Waals surface area contributed by atoms with Crippen LogP contribution in [0.4, 0.5) is 0 Å². The van der Waals surface area contributed by atoms with E-state index < -0.39 is 12.2 Å². The van der Waals surface area contributed by atoms with Gasteiger partial charge in [0.1, 0.15) is 11.9 Å². The van der Waals surface area contributed by atoms with Crippen molar-refractivity contribution in [3.8, 4) is 11.8 Å². The van der Waals surface area contributed by atoms with Gasteiger partial charge in [-0.25, -0.2) is 0 Å². The van der Waals surface area contributed by atoms with Crippen molar-refractivity contribution in [2.45, 2.75) is 76.9 Å². The SMILES string of the molecule is CCCCCCCCC(O)C#CC1C(O)CC2C(=O)CC21. The van der Waals surface area contributed by atoms with Crippen LogP contribution in [0.5, 0.6) is 0 Å². The number of unbranched alkanes of at least 4 members (excludes halogenated alkanes) is 5. The van der Waals surface area contributed by atoms with Gasteiger partial charge >= 0.3 is 0 Å². The lowest BCUT2D eigenvalue weighted by atomic mass is 9.71. The molecule has 118 valence electrons. The van der Waals surface area contributed by atoms with E-state index in [9.17, 15) is 15.0 Å². The highest BCUT2D eigenvalue weighted by Crippen LogP contribution is 2.47. The molecule has 0 bridgehead atoms. The van der Waals surface area contributed by atoms with Gasteiger partial charge in [-0.3, -0.25) is 4.79 Å². The van der Waals surface area contributed by atoms with E-state index >= 15 is 0 Å². The summed E-state index contributed by atoms with van der Waals surface area (Å²) in [5, 5.41) is 19.9. The van der Waals surface area contributed by atoms with Gasteiger partial charge in [-0.15, -0.1) is 0 Å². The summed E-state index contributed by atoms with van der Waals surface area (Å²) < 4.78 is 0. The van der Waals surface area contributed by atoms with E-state index in [0.29, 0.717) is 12.8 Å². The number of aliphatic hydroxyl groups excluding tert-OH is 2. The van der Waals surface area contributed by atoms with Crippen LogP contribution < -0.4 is 0 Å². The minimum atomic E-state index is -0.585. The van der Waals surface area contributed by atoms with Crippen LogP contribution in [0.1, 0.15) is 64.7 Å². The molecule has 5 unspecified atom stereocenters. The fraction of sp³-hybridized carbons (Fsp3) is 0.833. The van der Waals surface area contributed by atoms with Crippen LogP contribution in [0.15, 0.2) is 0 Å². The minimum Gasteiger partial charge on any atom is -0.392 e. The number of hydrogen-bond donors (Lipinski definition) is 2. The topological polar surface area (TPSA) is 57.5 Å². The monoisotopic (exact) mass is 292 g/mol. The lowest BCUT2D eigenvalue weighted by Gasteiger charge is -2.30. The van der Waals surface area contributed by atoms with Gasteiger partial charge in [-0.2, -0.15) is 0 Å². The maximum atomic E-state index is 11.4. The van der Waals surface area contributed by atoms with Crippen LogP contribution in [0.25, 0.3) is 0 Å². The Kier molecular flexibility index (Phi) is 6.26. The number of carbonyl (C=O) groups excluding carboxylic acids is 1. The molecule has 0 aromatic carbocycles. The molecule has 0 aliphatic heterocycles. The number of Topliss-reactive ketones (excluding diaryl/α,β-unsaturated/α-hetero) is 1. The van der Waals surface area contributed by atoms with Gasteiger partial charge in [-0.05, 0) is 25.2 Å². The number of aliphatic hydroxyl groups is 2. The lowest BCUT2D eigenvalue weighted by Crippen LogP contribution is -2.35. The van der Waals surface area contributed by atoms with Crippen molar-refractivity contribution in [1.29, 1.82) is 0 Å². The molecule has 0 amide bonds. The summed E-state index contributed by atoms with van der Waals surface area (Å²) in [6.45, 7) is 2.21. The molecule has 0 saturated heterocycles. The average molecular weight is 292 g/mol. The standard InChI is InChI=1S/C18H28O3/c1-2-3-4-5-6-7-8-13(19)9-10-14-15-11-18(21)16(15)12-17(14)20/h13-17,19-20H,2-8,11-12H2,1H3. The zero-order valence-electron chi connectivity index (χ0n) is 13.1. The normalized spacial score (nSPS) is 32.0. The Hall–Kier alpha value is -0.850. The first-order chi connectivity index (χ1) is 10.1. The first kappa shape index (κ1) is 16.5. The minimum absolute atomic E-state index is 0.0370. The van der Waals surface area contributed by atoms with Gasteiger partial charge in [-0.1, -0.05) is 50.9 Å². The van der Waals surface area contributed by atoms with Crippen LogP contribution in [-0.4, -0.2) is 28.2 Å². The zero-order valence-corrected chi connectivity index (χ0v) is 13.1. The predicted molar refractivity (Wildman–Crippen MR) is 82.5 cm³/mol. The maximum absolute atomic E-state index is 11.4. The van der Waals surface area contributed by atoms with E-state index in [2.05, 4.69) is 18.8 Å². The third-order valence-electron chi connectivity index (χ3n) is 4.99. The molecule has 0 aromatic rings. The summed E-state index contributed by atoms with van der Waals surface area (Å²) in [6.07, 6.45) is 8.01. The Morgan fingerprint density at radius 2 is 1.95 bits per heavy atom. The predicted octanol–water partition coefficient (Wildman–Crippen LogP) is 2.69. The molecule has 2 rings (SSSR count). The molecule has 3 nitrogen and oxygen atoms in total. The Bertz CT molecular complexity index is 406. The second-order valence-corrected chi connectivity index (χ2v) is 6.63. The summed E-state index contributed by atoms with van der Waals surface area (Å²) in [6, 6.07) is 0.